The van der Waals surface area contributed by atoms with Crippen LogP contribution in [0, 0.1) is 6.92 Å². The van der Waals surface area contributed by atoms with E-state index in [4.69, 9.17) is 0 Å². The molecule has 2 N–H and O–H groups in total. The lowest BCUT2D eigenvalue weighted by Crippen LogP contribution is -2.26. The van der Waals surface area contributed by atoms with Crippen LogP contribution in [-0.2, 0) is 0 Å². The van der Waals surface area contributed by atoms with Gasteiger partial charge in [-0.15, -0.1) is 0 Å². The van der Waals surface area contributed by atoms with Crippen LogP contribution in [0.3, 0.4) is 0 Å². The molecule has 1 aliphatic carbocycles. The molecule has 28 heavy (non-hydrogen) atoms. The van der Waals surface area contributed by atoms with Gasteiger partial charge in [-0.25, -0.2) is 9.97 Å². The first-order valence-electron chi connectivity index (χ1n) is 9.71. The highest BCUT2D eigenvalue weighted by atomic mass is 16.1. The molecule has 1 saturated carbocycles. The molecule has 0 radical (unpaired) electrons. The third-order valence-corrected chi connectivity index (χ3v) is 5.71. The number of hydrogen-bond donors (Lipinski definition) is 2. The average Bonchev–Trinajstić information content (AvgIpc) is 3.38. The van der Waals surface area contributed by atoms with Crippen molar-refractivity contribution in [2.45, 2.75) is 38.6 Å². The minimum Gasteiger partial charge on any atom is -0.357 e. The Balaban J connectivity index is 1.83. The maximum absolute atomic E-state index is 13.6. The van der Waals surface area contributed by atoms with Gasteiger partial charge >= 0.3 is 0 Å². The van der Waals surface area contributed by atoms with E-state index in [1.54, 1.807) is 13.2 Å². The van der Waals surface area contributed by atoms with Gasteiger partial charge in [-0.05, 0) is 38.0 Å². The summed E-state index contributed by atoms with van der Waals surface area (Å²) in [6, 6.07) is 6.08. The molecule has 1 aliphatic rings. The fraction of sp³-hybridized carbons (Fsp3) is 0.333. The Labute approximate surface area is 161 Å². The number of nitrogens with zero attached hydrogens (tertiary/aromatic N) is 4. The van der Waals surface area contributed by atoms with Crippen molar-refractivity contribution in [3.8, 4) is 11.1 Å². The number of hydrogen-bond acceptors (Lipinski definition) is 5. The number of anilines is 1. The molecule has 4 aromatic heterocycles. The Hall–Kier alpha value is -3.22. The third kappa shape index (κ3) is 2.58. The minimum absolute atomic E-state index is 0.00348. The van der Waals surface area contributed by atoms with Gasteiger partial charge in [0.15, 0.2) is 0 Å². The first kappa shape index (κ1) is 16.9. The van der Waals surface area contributed by atoms with Crippen molar-refractivity contribution in [1.82, 2.24) is 24.5 Å². The zero-order valence-corrected chi connectivity index (χ0v) is 16.0. The monoisotopic (exact) mass is 374 g/mol. The molecule has 4 heterocycles. The molecule has 0 aromatic carbocycles. The maximum Gasteiger partial charge on any atom is 0.260 e. The Morgan fingerprint density at radius 1 is 1.21 bits per heavy atom. The van der Waals surface area contributed by atoms with E-state index in [1.165, 1.54) is 0 Å². The average molecular weight is 374 g/mol. The Kier molecular flexibility index (Phi) is 3.89. The molecule has 5 rings (SSSR count). The van der Waals surface area contributed by atoms with E-state index in [0.29, 0.717) is 17.2 Å². The van der Waals surface area contributed by atoms with Crippen molar-refractivity contribution in [3.63, 3.8) is 0 Å². The van der Waals surface area contributed by atoms with E-state index in [2.05, 4.69) is 25.3 Å². The van der Waals surface area contributed by atoms with Gasteiger partial charge in [0.05, 0.1) is 5.69 Å². The summed E-state index contributed by atoms with van der Waals surface area (Å²) in [7, 11) is 1.80. The fourth-order valence-corrected chi connectivity index (χ4v) is 4.26. The number of pyridine rings is 2. The van der Waals surface area contributed by atoms with E-state index < -0.39 is 0 Å². The highest BCUT2D eigenvalue weighted by Gasteiger charge is 2.24. The third-order valence-electron chi connectivity index (χ3n) is 5.71. The van der Waals surface area contributed by atoms with Crippen molar-refractivity contribution >= 4 is 28.0 Å². The Morgan fingerprint density at radius 3 is 2.82 bits per heavy atom. The summed E-state index contributed by atoms with van der Waals surface area (Å²) in [5.41, 5.74) is 3.86. The number of aryl methyl sites for hydroxylation is 1. The second kappa shape index (κ2) is 6.44. The lowest BCUT2D eigenvalue weighted by molar-refractivity contribution is 0.516. The SMILES string of the molecule is CNc1nc(C)c2cc(-c3cnc4[nH]ccc4c3)c(=O)n(C3CCCC3)c2n1. The molecule has 0 atom stereocenters. The van der Waals surface area contributed by atoms with Gasteiger partial charge in [0, 0.05) is 47.4 Å². The van der Waals surface area contributed by atoms with E-state index >= 15 is 0 Å². The Morgan fingerprint density at radius 2 is 2.04 bits per heavy atom. The molecule has 7 nitrogen and oxygen atoms in total. The number of aromatic amines is 1. The van der Waals surface area contributed by atoms with Crippen LogP contribution >= 0.6 is 0 Å². The van der Waals surface area contributed by atoms with Crippen LogP contribution in [0.15, 0.2) is 35.4 Å². The quantitative estimate of drug-likeness (QED) is 0.569. The summed E-state index contributed by atoms with van der Waals surface area (Å²) in [5, 5.41) is 4.91. The van der Waals surface area contributed by atoms with Crippen LogP contribution in [0.2, 0.25) is 0 Å². The standard InChI is InChI=1S/C21H22N6O/c1-12-16-10-17(14-9-13-7-8-23-18(13)24-11-14)20(28)27(15-5-3-4-6-15)19(16)26-21(22-2)25-12/h7-11,15H,3-6H2,1-2H3,(H,23,24)(H,22,25,26). The summed E-state index contributed by atoms with van der Waals surface area (Å²) in [4.78, 5) is 30.4. The normalized spacial score (nSPS) is 14.9. The molecule has 1 fully saturated rings. The lowest BCUT2D eigenvalue weighted by atomic mass is 10.0. The van der Waals surface area contributed by atoms with Crippen molar-refractivity contribution < 1.29 is 0 Å². The minimum atomic E-state index is -0.00348. The van der Waals surface area contributed by atoms with Gasteiger partial charge < -0.3 is 10.3 Å². The molecule has 7 heteroatoms. The maximum atomic E-state index is 13.6. The first-order valence-corrected chi connectivity index (χ1v) is 9.71. The molecule has 0 amide bonds. The van der Waals surface area contributed by atoms with Gasteiger partial charge in [0.2, 0.25) is 5.95 Å². The van der Waals surface area contributed by atoms with Crippen LogP contribution in [0.25, 0.3) is 33.2 Å². The fourth-order valence-electron chi connectivity index (χ4n) is 4.26. The predicted molar refractivity (Wildman–Crippen MR) is 111 cm³/mol. The highest BCUT2D eigenvalue weighted by molar-refractivity contribution is 5.87. The Bertz CT molecular complexity index is 1250. The number of aromatic nitrogens is 5. The number of nitrogens with one attached hydrogen (secondary N) is 2. The van der Waals surface area contributed by atoms with E-state index in [9.17, 15) is 4.79 Å². The van der Waals surface area contributed by atoms with Gasteiger partial charge in [-0.1, -0.05) is 12.8 Å². The van der Waals surface area contributed by atoms with E-state index in [-0.39, 0.29) is 11.6 Å². The van der Waals surface area contributed by atoms with E-state index in [1.807, 2.05) is 35.9 Å². The van der Waals surface area contributed by atoms with Crippen LogP contribution < -0.4 is 10.9 Å². The molecule has 0 aliphatic heterocycles. The summed E-state index contributed by atoms with van der Waals surface area (Å²) >= 11 is 0. The molecule has 4 aromatic rings. The van der Waals surface area contributed by atoms with Crippen molar-refractivity contribution in [3.05, 3.63) is 46.6 Å². The van der Waals surface area contributed by atoms with Crippen LogP contribution in [0.1, 0.15) is 37.4 Å². The van der Waals surface area contributed by atoms with Crippen LogP contribution in [-0.4, -0.2) is 31.6 Å². The van der Waals surface area contributed by atoms with Gasteiger partial charge in [-0.3, -0.25) is 9.36 Å². The van der Waals surface area contributed by atoms with Crippen LogP contribution in [0.4, 0.5) is 5.95 Å². The van der Waals surface area contributed by atoms with Gasteiger partial charge in [-0.2, -0.15) is 4.98 Å². The summed E-state index contributed by atoms with van der Waals surface area (Å²) in [6.07, 6.45) is 7.91. The topological polar surface area (TPSA) is 88.5 Å². The van der Waals surface area contributed by atoms with Crippen molar-refractivity contribution in [2.75, 3.05) is 12.4 Å². The molecule has 0 saturated heterocycles. The molecular weight excluding hydrogens is 352 g/mol. The number of fused-ring (bicyclic) bond motifs is 2. The molecule has 142 valence electrons. The first-order chi connectivity index (χ1) is 13.7. The second-order valence-electron chi connectivity index (χ2n) is 7.43. The molecule has 0 spiro atoms. The van der Waals surface area contributed by atoms with E-state index in [0.717, 1.165) is 53.4 Å². The second-order valence-corrected chi connectivity index (χ2v) is 7.43. The highest BCUT2D eigenvalue weighted by Crippen LogP contribution is 2.33. The number of rotatable bonds is 3. The largest absolute Gasteiger partial charge is 0.357 e. The summed E-state index contributed by atoms with van der Waals surface area (Å²) in [6.45, 7) is 1.96. The van der Waals surface area contributed by atoms with Crippen molar-refractivity contribution in [1.29, 1.82) is 0 Å². The zero-order chi connectivity index (χ0) is 19.3. The molecular formula is C21H22N6O. The summed E-state index contributed by atoms with van der Waals surface area (Å²) in [5.74, 6) is 0.541. The molecule has 0 bridgehead atoms. The molecule has 0 unspecified atom stereocenters. The van der Waals surface area contributed by atoms with Crippen molar-refractivity contribution in [2.24, 2.45) is 0 Å². The van der Waals surface area contributed by atoms with Crippen LogP contribution in [0.5, 0.6) is 0 Å². The number of H-pyrrole nitrogens is 1. The summed E-state index contributed by atoms with van der Waals surface area (Å²) < 4.78 is 1.90. The lowest BCUT2D eigenvalue weighted by Gasteiger charge is -2.19. The predicted octanol–water partition coefficient (Wildman–Crippen LogP) is 3.80. The smallest absolute Gasteiger partial charge is 0.260 e. The van der Waals surface area contributed by atoms with Gasteiger partial charge in [0.1, 0.15) is 11.3 Å². The van der Waals surface area contributed by atoms with Gasteiger partial charge in [0.25, 0.3) is 5.56 Å². The zero-order valence-electron chi connectivity index (χ0n) is 16.0.